The van der Waals surface area contributed by atoms with Gasteiger partial charge in [-0.25, -0.2) is 4.79 Å². The average molecular weight is 257 g/mol. The maximum absolute atomic E-state index is 11.6. The van der Waals surface area contributed by atoms with Crippen molar-refractivity contribution >= 4 is 5.82 Å². The Kier molecular flexibility index (Phi) is 5.26. The molecule has 102 valence electrons. The highest BCUT2D eigenvalue weighted by molar-refractivity contribution is 5.34. The van der Waals surface area contributed by atoms with Gasteiger partial charge in [0.15, 0.2) is 6.29 Å². The fraction of sp³-hybridized carbons (Fsp3) is 0.636. The quantitative estimate of drug-likeness (QED) is 0.569. The van der Waals surface area contributed by atoms with Gasteiger partial charge in [-0.15, -0.1) is 0 Å². The van der Waals surface area contributed by atoms with Gasteiger partial charge in [0, 0.05) is 18.3 Å². The molecule has 1 aromatic heterocycles. The predicted octanol–water partition coefficient (Wildman–Crippen LogP) is -0.903. The van der Waals surface area contributed by atoms with E-state index in [4.69, 9.17) is 20.7 Å². The number of nitrogen functional groups attached to an aromatic ring is 1. The fourth-order valence-corrected chi connectivity index (χ4v) is 1.46. The molecular weight excluding hydrogens is 238 g/mol. The van der Waals surface area contributed by atoms with Crippen molar-refractivity contribution < 1.29 is 14.9 Å². The van der Waals surface area contributed by atoms with Crippen LogP contribution in [0.5, 0.6) is 0 Å². The van der Waals surface area contributed by atoms with Crippen LogP contribution in [0.25, 0.3) is 0 Å². The Hall–Kier alpha value is -1.44. The number of rotatable bonds is 6. The van der Waals surface area contributed by atoms with Gasteiger partial charge >= 0.3 is 5.69 Å². The number of hydrogen-bond donors (Lipinski definition) is 3. The zero-order valence-corrected chi connectivity index (χ0v) is 10.5. The molecule has 0 radical (unpaired) electrons. The third-order valence-corrected chi connectivity index (χ3v) is 2.45. The topological polar surface area (TPSA) is 111 Å². The number of ether oxygens (including phenoxy) is 1. The minimum absolute atomic E-state index is 0.00581. The standard InChI is InChI=1S/C11H19N3O4/c1-7(6-18-9(16)5-15)3-14-4-8(2)10(12)13-11(14)17/h4,7,9,15-16H,3,5-6H2,1-2H3,(H2,12,13,17). The van der Waals surface area contributed by atoms with Crippen molar-refractivity contribution in [2.45, 2.75) is 26.7 Å². The summed E-state index contributed by atoms with van der Waals surface area (Å²) in [6.45, 7) is 3.83. The first-order valence-electron chi connectivity index (χ1n) is 5.68. The van der Waals surface area contributed by atoms with E-state index in [9.17, 15) is 4.79 Å². The lowest BCUT2D eigenvalue weighted by atomic mass is 10.2. The molecule has 1 aromatic rings. The van der Waals surface area contributed by atoms with Gasteiger partial charge in [-0.3, -0.25) is 4.57 Å². The van der Waals surface area contributed by atoms with Crippen LogP contribution in [0.1, 0.15) is 12.5 Å². The molecule has 0 saturated carbocycles. The summed E-state index contributed by atoms with van der Waals surface area (Å²) in [5.74, 6) is 0.226. The van der Waals surface area contributed by atoms with Crippen molar-refractivity contribution in [3.63, 3.8) is 0 Å². The van der Waals surface area contributed by atoms with Crippen LogP contribution in [0.4, 0.5) is 5.82 Å². The molecule has 0 aromatic carbocycles. The van der Waals surface area contributed by atoms with Gasteiger partial charge < -0.3 is 20.7 Å². The second-order valence-corrected chi connectivity index (χ2v) is 4.32. The molecule has 7 heteroatoms. The highest BCUT2D eigenvalue weighted by Crippen LogP contribution is 2.05. The number of nitrogens with zero attached hydrogens (tertiary/aromatic N) is 2. The van der Waals surface area contributed by atoms with Crippen LogP contribution in [0.3, 0.4) is 0 Å². The molecule has 7 nitrogen and oxygen atoms in total. The summed E-state index contributed by atoms with van der Waals surface area (Å²) in [6, 6.07) is 0. The monoisotopic (exact) mass is 257 g/mol. The highest BCUT2D eigenvalue weighted by atomic mass is 16.6. The molecule has 4 N–H and O–H groups in total. The van der Waals surface area contributed by atoms with E-state index in [1.54, 1.807) is 13.1 Å². The summed E-state index contributed by atoms with van der Waals surface area (Å²) >= 11 is 0. The molecule has 0 spiro atoms. The molecule has 2 atom stereocenters. The molecule has 1 heterocycles. The number of aromatic nitrogens is 2. The Bertz CT molecular complexity index is 446. The molecule has 0 aliphatic heterocycles. The minimum Gasteiger partial charge on any atom is -0.391 e. The first kappa shape index (κ1) is 14.6. The van der Waals surface area contributed by atoms with E-state index in [0.717, 1.165) is 5.56 Å². The maximum Gasteiger partial charge on any atom is 0.349 e. The first-order valence-corrected chi connectivity index (χ1v) is 5.68. The minimum atomic E-state index is -1.18. The number of aliphatic hydroxyl groups is 2. The van der Waals surface area contributed by atoms with Crippen LogP contribution >= 0.6 is 0 Å². The van der Waals surface area contributed by atoms with Crippen molar-refractivity contribution in [2.24, 2.45) is 5.92 Å². The zero-order chi connectivity index (χ0) is 13.7. The van der Waals surface area contributed by atoms with E-state index >= 15 is 0 Å². The van der Waals surface area contributed by atoms with E-state index < -0.39 is 18.6 Å². The molecule has 0 fully saturated rings. The largest absolute Gasteiger partial charge is 0.391 e. The summed E-state index contributed by atoms with van der Waals surface area (Å²) in [5.41, 5.74) is 5.85. The van der Waals surface area contributed by atoms with Gasteiger partial charge in [0.2, 0.25) is 0 Å². The average Bonchev–Trinajstić information content (AvgIpc) is 2.33. The van der Waals surface area contributed by atoms with Crippen LogP contribution in [0.2, 0.25) is 0 Å². The van der Waals surface area contributed by atoms with Gasteiger partial charge in [0.1, 0.15) is 5.82 Å². The molecular formula is C11H19N3O4. The van der Waals surface area contributed by atoms with Gasteiger partial charge in [0.05, 0.1) is 13.2 Å². The van der Waals surface area contributed by atoms with Crippen molar-refractivity contribution in [3.05, 3.63) is 22.2 Å². The van der Waals surface area contributed by atoms with Crippen molar-refractivity contribution in [2.75, 3.05) is 18.9 Å². The van der Waals surface area contributed by atoms with Crippen molar-refractivity contribution in [1.29, 1.82) is 0 Å². The fourth-order valence-electron chi connectivity index (χ4n) is 1.46. The van der Waals surface area contributed by atoms with Crippen LogP contribution in [0, 0.1) is 12.8 Å². The first-order chi connectivity index (χ1) is 8.43. The third-order valence-electron chi connectivity index (χ3n) is 2.45. The molecule has 0 bridgehead atoms. The van der Waals surface area contributed by atoms with Gasteiger partial charge in [-0.2, -0.15) is 4.98 Å². The molecule has 18 heavy (non-hydrogen) atoms. The SMILES string of the molecule is Cc1cn(CC(C)COC(O)CO)c(=O)nc1N. The second kappa shape index (κ2) is 6.48. The Morgan fingerprint density at radius 2 is 2.28 bits per heavy atom. The smallest absolute Gasteiger partial charge is 0.349 e. The van der Waals surface area contributed by atoms with Crippen molar-refractivity contribution in [1.82, 2.24) is 9.55 Å². The van der Waals surface area contributed by atoms with E-state index in [1.165, 1.54) is 4.57 Å². The zero-order valence-electron chi connectivity index (χ0n) is 10.5. The third kappa shape index (κ3) is 4.10. The summed E-state index contributed by atoms with van der Waals surface area (Å²) in [5, 5.41) is 17.6. The lowest BCUT2D eigenvalue weighted by Gasteiger charge is -2.16. The molecule has 0 aliphatic rings. The summed E-state index contributed by atoms with van der Waals surface area (Å²) in [4.78, 5) is 15.3. The maximum atomic E-state index is 11.6. The van der Waals surface area contributed by atoms with Gasteiger partial charge in [-0.1, -0.05) is 6.92 Å². The number of aryl methyl sites for hydroxylation is 1. The van der Waals surface area contributed by atoms with Crippen LogP contribution in [-0.2, 0) is 11.3 Å². The van der Waals surface area contributed by atoms with Gasteiger partial charge in [-0.05, 0) is 12.8 Å². The predicted molar refractivity (Wildman–Crippen MR) is 65.9 cm³/mol. The Morgan fingerprint density at radius 1 is 1.61 bits per heavy atom. The van der Waals surface area contributed by atoms with Crippen LogP contribution < -0.4 is 11.4 Å². The van der Waals surface area contributed by atoms with E-state index in [-0.39, 0.29) is 18.3 Å². The number of anilines is 1. The molecule has 0 aliphatic carbocycles. The number of nitrogens with two attached hydrogens (primary N) is 1. The normalized spacial score (nSPS) is 14.4. The summed E-state index contributed by atoms with van der Waals surface area (Å²) in [6.07, 6.45) is 0.458. The second-order valence-electron chi connectivity index (χ2n) is 4.32. The summed E-state index contributed by atoms with van der Waals surface area (Å²) < 4.78 is 6.41. The van der Waals surface area contributed by atoms with Gasteiger partial charge in [0.25, 0.3) is 0 Å². The van der Waals surface area contributed by atoms with E-state index in [1.807, 2.05) is 6.92 Å². The summed E-state index contributed by atoms with van der Waals surface area (Å²) in [7, 11) is 0. The van der Waals surface area contributed by atoms with E-state index in [2.05, 4.69) is 4.98 Å². The lowest BCUT2D eigenvalue weighted by molar-refractivity contribution is -0.132. The number of hydrogen-bond acceptors (Lipinski definition) is 6. The Labute approximate surface area is 105 Å². The Morgan fingerprint density at radius 3 is 2.89 bits per heavy atom. The molecule has 0 amide bonds. The van der Waals surface area contributed by atoms with Crippen LogP contribution in [0.15, 0.2) is 11.0 Å². The number of aliphatic hydroxyl groups excluding tert-OH is 2. The molecule has 2 unspecified atom stereocenters. The van der Waals surface area contributed by atoms with Crippen molar-refractivity contribution in [3.8, 4) is 0 Å². The molecule has 0 saturated heterocycles. The Balaban J connectivity index is 2.62. The highest BCUT2D eigenvalue weighted by Gasteiger charge is 2.10. The van der Waals surface area contributed by atoms with E-state index in [0.29, 0.717) is 6.54 Å². The lowest BCUT2D eigenvalue weighted by Crippen LogP contribution is -2.29. The van der Waals surface area contributed by atoms with Crippen LogP contribution in [-0.4, -0.2) is 39.3 Å². The molecule has 1 rings (SSSR count).